The molecule has 3 fully saturated rings. The molecular weight excluding hydrogens is 1140 g/mol. The monoisotopic (exact) mass is 1230 g/mol. The van der Waals surface area contributed by atoms with Gasteiger partial charge in [-0.05, 0) is 103 Å². The van der Waals surface area contributed by atoms with Gasteiger partial charge in [0.25, 0.3) is 0 Å². The minimum absolute atomic E-state index is 0.000843. The molecule has 87 heavy (non-hydrogen) atoms. The lowest BCUT2D eigenvalue weighted by atomic mass is 10.0. The predicted molar refractivity (Wildman–Crippen MR) is 311 cm³/mol. The van der Waals surface area contributed by atoms with Crippen LogP contribution in [0.3, 0.4) is 0 Å². The smallest absolute Gasteiger partial charge is 0.328 e. The Hall–Kier alpha value is -7.38. The Balaban J connectivity index is 1.51. The minimum atomic E-state index is -1.69. The maximum Gasteiger partial charge on any atom is 0.328 e. The highest BCUT2D eigenvalue weighted by Crippen LogP contribution is 2.24. The van der Waals surface area contributed by atoms with Crippen molar-refractivity contribution >= 4 is 70.9 Å². The van der Waals surface area contributed by atoms with Crippen molar-refractivity contribution in [3.63, 3.8) is 0 Å². The molecule has 17 N–H and O–H groups in total. The summed E-state index contributed by atoms with van der Waals surface area (Å²) in [5.74, 6) is -11.5. The zero-order valence-corrected chi connectivity index (χ0v) is 50.6. The number of carbonyl (C=O) groups is 12. The van der Waals surface area contributed by atoms with E-state index < -0.39 is 181 Å². The second-order valence-corrected chi connectivity index (χ2v) is 23.2. The van der Waals surface area contributed by atoms with Crippen LogP contribution in [0.2, 0.25) is 0 Å². The summed E-state index contributed by atoms with van der Waals surface area (Å²) in [6.07, 6.45) is -0.933. The molecule has 30 nitrogen and oxygen atoms in total. The van der Waals surface area contributed by atoms with E-state index in [0.29, 0.717) is 37.7 Å². The number of hydrogen-bond acceptors (Lipinski definition) is 18. The Bertz CT molecular complexity index is 2580. The van der Waals surface area contributed by atoms with Crippen LogP contribution in [0.1, 0.15) is 112 Å². The Morgan fingerprint density at radius 1 is 0.506 bits per heavy atom. The van der Waals surface area contributed by atoms with Gasteiger partial charge in [0, 0.05) is 26.1 Å². The van der Waals surface area contributed by atoms with E-state index >= 15 is 0 Å². The first kappa shape index (κ1) is 72.1. The van der Waals surface area contributed by atoms with Crippen LogP contribution >= 0.6 is 0 Å². The van der Waals surface area contributed by atoms with E-state index in [1.807, 2.05) is 0 Å². The number of nitrogens with one attached hydrogen (secondary N) is 8. The van der Waals surface area contributed by atoms with Crippen LogP contribution in [0.4, 0.5) is 0 Å². The number of carboxylic acid groups (broad SMARTS) is 1. The van der Waals surface area contributed by atoms with E-state index in [9.17, 15) is 83.1 Å². The molecule has 0 unspecified atom stereocenters. The van der Waals surface area contributed by atoms with E-state index in [2.05, 4.69) is 42.5 Å². The number of likely N-dealkylation sites (tertiary alicyclic amines) is 3. The van der Waals surface area contributed by atoms with Crippen molar-refractivity contribution in [2.45, 2.75) is 197 Å². The van der Waals surface area contributed by atoms with E-state index in [-0.39, 0.29) is 58.3 Å². The lowest BCUT2D eigenvalue weighted by Crippen LogP contribution is -2.63. The van der Waals surface area contributed by atoms with Crippen molar-refractivity contribution in [3.8, 4) is 0 Å². The van der Waals surface area contributed by atoms with E-state index in [4.69, 9.17) is 11.5 Å². The summed E-state index contributed by atoms with van der Waals surface area (Å²) >= 11 is 0. The first-order chi connectivity index (χ1) is 41.1. The number of aliphatic carboxylic acids is 1. The number of aliphatic hydroxyl groups excluding tert-OH is 4. The number of unbranched alkanes of at least 4 members (excludes halogenated alkanes) is 1. The summed E-state index contributed by atoms with van der Waals surface area (Å²) in [7, 11) is 0. The Labute approximate surface area is 505 Å². The van der Waals surface area contributed by atoms with Crippen molar-refractivity contribution in [1.29, 1.82) is 0 Å². The molecule has 1 aromatic carbocycles. The average Bonchev–Trinajstić information content (AvgIpc) is 2.97. The van der Waals surface area contributed by atoms with Gasteiger partial charge in [0.2, 0.25) is 65.0 Å². The minimum Gasteiger partial charge on any atom is -0.480 e. The predicted octanol–water partition coefficient (Wildman–Crippen LogP) is -5.30. The molecular formula is C57H91N13O17. The highest BCUT2D eigenvalue weighted by molar-refractivity contribution is 6.00. The SMILES string of the molecule is CC(C)[C@H](NC(=O)[C@@H]1CCCN1C(=O)[C@@H](NC(=O)[C@H](Cc1ccccc1)NC(=O)[C@H](CCCCN)NC(=O)[C@@H]1CCCN1C(=O)[C@@H](NC(=O)[C@@H](NC(=O)[C@@H]1CCCN1C(=O)[C@@H](N)CO)C(C)C)[C@@H](C)O)[C@@H](C)O)C(=O)N[C@@H](C)C(=O)N[C@@H](CO)C(=O)O. The Morgan fingerprint density at radius 3 is 1.36 bits per heavy atom. The van der Waals surface area contributed by atoms with Gasteiger partial charge in [-0.3, -0.25) is 52.7 Å². The molecule has 3 aliphatic heterocycles. The number of hydrogen-bond donors (Lipinski definition) is 15. The lowest BCUT2D eigenvalue weighted by molar-refractivity contribution is -0.145. The molecule has 4 rings (SSSR count). The average molecular weight is 1230 g/mol. The molecule has 3 aliphatic rings. The van der Waals surface area contributed by atoms with Gasteiger partial charge < -0.3 is 94.2 Å². The maximum atomic E-state index is 14.5. The highest BCUT2D eigenvalue weighted by atomic mass is 16.4. The number of rotatable bonds is 32. The molecule has 3 heterocycles. The number of carboxylic acids is 1. The molecule has 14 atom stereocenters. The highest BCUT2D eigenvalue weighted by Gasteiger charge is 2.45. The molecule has 0 spiro atoms. The van der Waals surface area contributed by atoms with Crippen molar-refractivity contribution in [2.24, 2.45) is 23.3 Å². The Morgan fingerprint density at radius 2 is 0.931 bits per heavy atom. The number of carbonyl (C=O) groups excluding carboxylic acids is 11. The molecule has 3 saturated heterocycles. The van der Waals surface area contributed by atoms with Crippen LogP contribution in [0, 0.1) is 11.8 Å². The summed E-state index contributed by atoms with van der Waals surface area (Å²) in [5.41, 5.74) is 12.1. The quantitative estimate of drug-likeness (QED) is 0.0300. The van der Waals surface area contributed by atoms with Crippen molar-refractivity contribution in [1.82, 2.24) is 57.2 Å². The molecule has 0 aromatic heterocycles. The van der Waals surface area contributed by atoms with Crippen molar-refractivity contribution in [2.75, 3.05) is 39.4 Å². The molecule has 0 saturated carbocycles. The number of nitrogens with two attached hydrogens (primary N) is 2. The third kappa shape index (κ3) is 20.1. The molecule has 486 valence electrons. The third-order valence-electron chi connectivity index (χ3n) is 15.7. The molecule has 0 radical (unpaired) electrons. The van der Waals surface area contributed by atoms with Crippen LogP contribution in [-0.2, 0) is 64.0 Å². The maximum absolute atomic E-state index is 14.5. The summed E-state index contributed by atoms with van der Waals surface area (Å²) in [5, 5.41) is 70.4. The van der Waals surface area contributed by atoms with Crippen LogP contribution in [0.5, 0.6) is 0 Å². The fourth-order valence-corrected chi connectivity index (χ4v) is 10.6. The number of aliphatic hydroxyl groups is 4. The lowest BCUT2D eigenvalue weighted by Gasteiger charge is -2.33. The van der Waals surface area contributed by atoms with Crippen LogP contribution in [-0.4, -0.2) is 235 Å². The van der Waals surface area contributed by atoms with Gasteiger partial charge in [-0.2, -0.15) is 0 Å². The van der Waals surface area contributed by atoms with Gasteiger partial charge in [-0.1, -0.05) is 58.0 Å². The van der Waals surface area contributed by atoms with Crippen LogP contribution in [0.15, 0.2) is 30.3 Å². The first-order valence-corrected chi connectivity index (χ1v) is 29.7. The summed E-state index contributed by atoms with van der Waals surface area (Å²) in [4.78, 5) is 168. The largest absolute Gasteiger partial charge is 0.480 e. The summed E-state index contributed by atoms with van der Waals surface area (Å²) in [6, 6.07) is -7.72. The van der Waals surface area contributed by atoms with Gasteiger partial charge in [0.15, 0.2) is 0 Å². The van der Waals surface area contributed by atoms with Crippen LogP contribution in [0.25, 0.3) is 0 Å². The Kier molecular flexibility index (Phi) is 28.4. The fourth-order valence-electron chi connectivity index (χ4n) is 10.6. The molecule has 0 aliphatic carbocycles. The fraction of sp³-hybridized carbons (Fsp3) is 0.684. The number of benzene rings is 1. The first-order valence-electron chi connectivity index (χ1n) is 29.7. The third-order valence-corrected chi connectivity index (χ3v) is 15.7. The summed E-state index contributed by atoms with van der Waals surface area (Å²) in [6.45, 7) is 9.16. The van der Waals surface area contributed by atoms with Gasteiger partial charge in [0.05, 0.1) is 25.4 Å². The molecule has 0 bridgehead atoms. The van der Waals surface area contributed by atoms with Crippen molar-refractivity contribution < 1.29 is 83.1 Å². The molecule has 11 amide bonds. The second kappa shape index (κ2) is 34.2. The van der Waals surface area contributed by atoms with Gasteiger partial charge in [0.1, 0.15) is 72.5 Å². The molecule has 1 aromatic rings. The van der Waals surface area contributed by atoms with E-state index in [1.54, 1.807) is 58.0 Å². The van der Waals surface area contributed by atoms with Crippen molar-refractivity contribution in [3.05, 3.63) is 35.9 Å². The standard InChI is InChI=1S/C57H91N13O17/c1-29(2)42(52(81)60-31(5)46(75)63-38(28-72)57(86)87)64-51(80)41-21-15-25-70(41)55(84)44(32(6)73)66-48(77)37(26-34-16-9-8-10-17-34)62-47(76)36(18-11-12-22-58)61-49(78)39-19-14-24-69(39)56(85)45(33(7)74)67-53(82)43(30(3)4)65-50(79)40-20-13-23-68(40)54(83)35(59)27-71/h8-10,16-17,29-33,35-45,71-74H,11-15,18-28,58-59H2,1-7H3,(H,60,81)(H,61,78)(H,62,76)(H,63,75)(H,64,80)(H,65,79)(H,66,77)(H,67,82)(H,86,87)/t31-,32+,33+,35-,36-,37-,38-,39-,40-,41-,42-,43-,44-,45-/m0/s1. The van der Waals surface area contributed by atoms with Gasteiger partial charge in [-0.15, -0.1) is 0 Å². The normalized spacial score (nSPS) is 20.5. The van der Waals surface area contributed by atoms with Gasteiger partial charge in [-0.25, -0.2) is 4.79 Å². The zero-order valence-electron chi connectivity index (χ0n) is 50.6. The van der Waals surface area contributed by atoms with E-state index in [0.717, 1.165) is 4.90 Å². The number of nitrogens with zero attached hydrogens (tertiary/aromatic N) is 3. The van der Waals surface area contributed by atoms with Gasteiger partial charge >= 0.3 is 5.97 Å². The second-order valence-electron chi connectivity index (χ2n) is 23.2. The van der Waals surface area contributed by atoms with E-state index in [1.165, 1.54) is 30.6 Å². The molecule has 30 heteroatoms. The topological polar surface area (TPSA) is 464 Å². The zero-order chi connectivity index (χ0) is 65.0. The van der Waals surface area contributed by atoms with Crippen LogP contribution < -0.4 is 54.0 Å². The summed E-state index contributed by atoms with van der Waals surface area (Å²) < 4.78 is 0. The number of amides is 11.